The molecule has 0 aliphatic rings. The van der Waals surface area contributed by atoms with Crippen molar-refractivity contribution < 1.29 is 17.9 Å². The van der Waals surface area contributed by atoms with Crippen LogP contribution in [0.15, 0.2) is 109 Å². The van der Waals surface area contributed by atoms with E-state index < -0.39 is 23.2 Å². The Morgan fingerprint density at radius 3 is 1.69 bits per heavy atom. The maximum Gasteiger partial charge on any atom is 0.200 e. The third-order valence-electron chi connectivity index (χ3n) is 6.66. The molecular weight excluding hydrogens is 457 g/mol. The van der Waals surface area contributed by atoms with Crippen molar-refractivity contribution in [3.63, 3.8) is 0 Å². The number of halogens is 3. The van der Waals surface area contributed by atoms with Crippen LogP contribution in [0.4, 0.5) is 13.2 Å². The van der Waals surface area contributed by atoms with Crippen LogP contribution in [0.5, 0.6) is 0 Å². The molecule has 4 heteroatoms. The summed E-state index contributed by atoms with van der Waals surface area (Å²) in [6.07, 6.45) is 8.48. The van der Waals surface area contributed by atoms with Crippen molar-refractivity contribution in [1.29, 1.82) is 0 Å². The van der Waals surface area contributed by atoms with Crippen molar-refractivity contribution in [2.75, 3.05) is 7.11 Å². The van der Waals surface area contributed by atoms with Crippen molar-refractivity contribution in [2.24, 2.45) is 23.7 Å². The summed E-state index contributed by atoms with van der Waals surface area (Å²) in [5, 5.41) is 0. The van der Waals surface area contributed by atoms with Crippen LogP contribution in [0.2, 0.25) is 0 Å². The summed E-state index contributed by atoms with van der Waals surface area (Å²) in [5.74, 6) is -1.48. The molecule has 3 atom stereocenters. The van der Waals surface area contributed by atoms with Crippen molar-refractivity contribution in [1.82, 2.24) is 0 Å². The van der Waals surface area contributed by atoms with Gasteiger partial charge in [-0.2, -0.15) is 4.39 Å². The van der Waals surface area contributed by atoms with E-state index in [1.165, 1.54) is 38.2 Å². The molecule has 0 N–H and O–H groups in total. The molecule has 0 aromatic carbocycles. The summed E-state index contributed by atoms with van der Waals surface area (Å²) in [4.78, 5) is 0. The lowest BCUT2D eigenvalue weighted by Crippen LogP contribution is -2.11. The smallest absolute Gasteiger partial charge is 0.200 e. The molecule has 1 nitrogen and oxygen atoms in total. The van der Waals surface area contributed by atoms with Gasteiger partial charge in [-0.05, 0) is 64.9 Å². The summed E-state index contributed by atoms with van der Waals surface area (Å²) in [6.45, 7) is 33.1. The predicted molar refractivity (Wildman–Crippen MR) is 150 cm³/mol. The Labute approximate surface area is 217 Å². The Kier molecular flexibility index (Phi) is 14.9. The molecule has 0 rings (SSSR count). The lowest BCUT2D eigenvalue weighted by atomic mass is 9.83. The molecule has 0 aliphatic carbocycles. The summed E-state index contributed by atoms with van der Waals surface area (Å²) in [5.41, 5.74) is 0.991. The fraction of sp³-hybridized carbons (Fsp3) is 0.438. The first-order chi connectivity index (χ1) is 16.6. The highest BCUT2D eigenvalue weighted by atomic mass is 19.2. The Balaban J connectivity index is 5.03. The zero-order valence-electron chi connectivity index (χ0n) is 23.2. The zero-order chi connectivity index (χ0) is 28.2. The first kappa shape index (κ1) is 33.2. The average molecular weight is 503 g/mol. The maximum atomic E-state index is 14.9. The van der Waals surface area contributed by atoms with Gasteiger partial charge in [-0.1, -0.05) is 99.1 Å². The lowest BCUT2D eigenvalue weighted by Gasteiger charge is -2.23. The number of hydrogen-bond acceptors (Lipinski definition) is 1. The van der Waals surface area contributed by atoms with Gasteiger partial charge in [0.05, 0.1) is 7.11 Å². The standard InChI is InChI=1S/C32H45F3O/c1-20(2)13-14-21(3)22(4)15-17-24(6)27(9)30(33)19-26(8)23(5)16-18-25(7)28(10)31(34)32(35)29(11)36-12/h16,18-22,24H,5,7-11,13-15,17H2,1-4,6,12H3/b18-16-,30-19+,32-31-. The van der Waals surface area contributed by atoms with E-state index in [-0.39, 0.29) is 17.1 Å². The number of methoxy groups -OCH3 is 1. The highest BCUT2D eigenvalue weighted by molar-refractivity contribution is 5.52. The van der Waals surface area contributed by atoms with E-state index in [0.717, 1.165) is 12.8 Å². The highest BCUT2D eigenvalue weighted by Gasteiger charge is 2.18. The summed E-state index contributed by atoms with van der Waals surface area (Å²) < 4.78 is 47.5. The molecule has 0 bridgehead atoms. The molecule has 0 radical (unpaired) electrons. The molecule has 0 fully saturated rings. The highest BCUT2D eigenvalue weighted by Crippen LogP contribution is 2.30. The van der Waals surface area contributed by atoms with Crippen molar-refractivity contribution in [3.05, 3.63) is 109 Å². The van der Waals surface area contributed by atoms with Crippen LogP contribution in [0.1, 0.15) is 60.3 Å². The molecular formula is C32H45F3O. The van der Waals surface area contributed by atoms with Gasteiger partial charge in [-0.15, -0.1) is 0 Å². The molecule has 0 amide bonds. The first-order valence-corrected chi connectivity index (χ1v) is 12.4. The van der Waals surface area contributed by atoms with Gasteiger partial charge >= 0.3 is 0 Å². The minimum absolute atomic E-state index is 0.00721. The average Bonchev–Trinajstić information content (AvgIpc) is 2.85. The van der Waals surface area contributed by atoms with Gasteiger partial charge in [-0.25, -0.2) is 8.78 Å². The zero-order valence-corrected chi connectivity index (χ0v) is 23.2. The van der Waals surface area contributed by atoms with Crippen molar-refractivity contribution in [3.8, 4) is 0 Å². The monoisotopic (exact) mass is 502 g/mol. The molecule has 0 saturated heterocycles. The SMILES string of the molecule is C=C(/C=C\C(=C)C(=C)/C(F)=C(/F)C(=C)OC)C(=C)/C=C(/F)C(=C)C(C)CCC(C)C(C)CCC(C)C. The predicted octanol–water partition coefficient (Wildman–Crippen LogP) is 10.6. The summed E-state index contributed by atoms with van der Waals surface area (Å²) >= 11 is 0. The van der Waals surface area contributed by atoms with Crippen molar-refractivity contribution >= 4 is 0 Å². The normalized spacial score (nSPS) is 15.2. The fourth-order valence-corrected chi connectivity index (χ4v) is 3.32. The largest absolute Gasteiger partial charge is 0.494 e. The quantitative estimate of drug-likeness (QED) is 0.142. The van der Waals surface area contributed by atoms with Crippen LogP contribution in [-0.2, 0) is 4.74 Å². The molecule has 0 heterocycles. The fourth-order valence-electron chi connectivity index (χ4n) is 3.32. The second-order valence-electron chi connectivity index (χ2n) is 10.1. The number of allylic oxidation sites excluding steroid dienone is 11. The third-order valence-corrected chi connectivity index (χ3v) is 6.66. The van der Waals surface area contributed by atoms with Crippen LogP contribution in [0, 0.1) is 23.7 Å². The number of rotatable bonds is 17. The Morgan fingerprint density at radius 2 is 1.19 bits per heavy atom. The van der Waals surface area contributed by atoms with Gasteiger partial charge in [0.15, 0.2) is 5.83 Å². The van der Waals surface area contributed by atoms with Crippen LogP contribution >= 0.6 is 0 Å². The van der Waals surface area contributed by atoms with E-state index in [1.807, 2.05) is 6.92 Å². The molecule has 0 saturated carbocycles. The van der Waals surface area contributed by atoms with E-state index in [2.05, 4.69) is 71.9 Å². The molecule has 200 valence electrons. The third kappa shape index (κ3) is 11.3. The van der Waals surface area contributed by atoms with Crippen LogP contribution in [-0.4, -0.2) is 7.11 Å². The van der Waals surface area contributed by atoms with E-state index in [4.69, 9.17) is 0 Å². The Bertz CT molecular complexity index is 942. The number of ether oxygens (including phenoxy) is 1. The second-order valence-corrected chi connectivity index (χ2v) is 10.1. The minimum atomic E-state index is -1.25. The molecule has 3 unspecified atom stereocenters. The first-order valence-electron chi connectivity index (χ1n) is 12.4. The number of hydrogen-bond donors (Lipinski definition) is 0. The molecule has 0 aromatic rings. The minimum Gasteiger partial charge on any atom is -0.494 e. The topological polar surface area (TPSA) is 9.23 Å². The van der Waals surface area contributed by atoms with Gasteiger partial charge in [0.2, 0.25) is 5.83 Å². The Hall–Kier alpha value is -2.75. The van der Waals surface area contributed by atoms with E-state index in [0.29, 0.717) is 34.5 Å². The van der Waals surface area contributed by atoms with Gasteiger partial charge in [0.25, 0.3) is 0 Å². The van der Waals surface area contributed by atoms with Gasteiger partial charge in [-0.3, -0.25) is 0 Å². The summed E-state index contributed by atoms with van der Waals surface area (Å²) in [6, 6.07) is 0. The Morgan fingerprint density at radius 1 is 0.694 bits per heavy atom. The van der Waals surface area contributed by atoms with Crippen LogP contribution in [0.25, 0.3) is 0 Å². The van der Waals surface area contributed by atoms with Gasteiger partial charge in [0, 0.05) is 5.57 Å². The second kappa shape index (κ2) is 16.1. The van der Waals surface area contributed by atoms with Crippen LogP contribution < -0.4 is 0 Å². The molecule has 36 heavy (non-hydrogen) atoms. The molecule has 0 spiro atoms. The maximum absolute atomic E-state index is 14.9. The summed E-state index contributed by atoms with van der Waals surface area (Å²) in [7, 11) is 1.18. The molecule has 0 aliphatic heterocycles. The van der Waals surface area contributed by atoms with Crippen molar-refractivity contribution in [2.45, 2.75) is 60.3 Å². The van der Waals surface area contributed by atoms with Crippen LogP contribution in [0.3, 0.4) is 0 Å². The lowest BCUT2D eigenvalue weighted by molar-refractivity contribution is 0.281. The molecule has 0 aromatic heterocycles. The van der Waals surface area contributed by atoms with E-state index in [9.17, 15) is 13.2 Å². The van der Waals surface area contributed by atoms with E-state index in [1.54, 1.807) is 0 Å². The van der Waals surface area contributed by atoms with Gasteiger partial charge < -0.3 is 4.74 Å². The van der Waals surface area contributed by atoms with E-state index >= 15 is 0 Å². The van der Waals surface area contributed by atoms with Gasteiger partial charge in [0.1, 0.15) is 11.6 Å².